The van der Waals surface area contributed by atoms with Gasteiger partial charge in [-0.25, -0.2) is 9.07 Å². The van der Waals surface area contributed by atoms with Gasteiger partial charge in [0, 0.05) is 31.3 Å². The van der Waals surface area contributed by atoms with E-state index in [2.05, 4.69) is 25.4 Å². The highest BCUT2D eigenvalue weighted by atomic mass is 35.5. The van der Waals surface area contributed by atoms with Crippen LogP contribution in [0.1, 0.15) is 12.8 Å². The predicted octanol–water partition coefficient (Wildman–Crippen LogP) is 0.455. The van der Waals surface area contributed by atoms with Crippen molar-refractivity contribution >= 4 is 46.8 Å². The average Bonchev–Trinajstić information content (AvgIpc) is 3.32. The summed E-state index contributed by atoms with van der Waals surface area (Å²) >= 11 is 5.93. The molecule has 1 aliphatic heterocycles. The number of nitrogens with zero attached hydrogens (tertiary/aromatic N) is 6. The van der Waals surface area contributed by atoms with E-state index in [4.69, 9.17) is 26.2 Å². The zero-order chi connectivity index (χ0) is 24.7. The SMILES string of the molecule is BC(B)(B)n1nc(N[C@@H]2[C@@H]3CC[C@H]2CN(c2cnnc(OC)c2)C3)nc1Oc1ccc(F)c(Cl)c1. The molecule has 0 radical (unpaired) electrons. The molecule has 3 aromatic rings. The van der Waals surface area contributed by atoms with Crippen molar-refractivity contribution in [2.75, 3.05) is 30.4 Å². The molecule has 9 nitrogen and oxygen atoms in total. The molecular weight excluding hydrogens is 469 g/mol. The van der Waals surface area contributed by atoms with E-state index >= 15 is 0 Å². The first-order valence-electron chi connectivity index (χ1n) is 11.7. The van der Waals surface area contributed by atoms with Crippen LogP contribution in [0.5, 0.6) is 17.6 Å². The minimum atomic E-state index is -0.499. The fourth-order valence-corrected chi connectivity index (χ4v) is 5.11. The van der Waals surface area contributed by atoms with Gasteiger partial charge in [-0.2, -0.15) is 10.1 Å². The van der Waals surface area contributed by atoms with Crippen LogP contribution < -0.4 is 19.7 Å². The maximum atomic E-state index is 13.6. The third kappa shape index (κ3) is 4.91. The van der Waals surface area contributed by atoms with Gasteiger partial charge in [0.1, 0.15) is 35.1 Å². The summed E-state index contributed by atoms with van der Waals surface area (Å²) in [5.74, 6) is 1.81. The fraction of sp³-hybridized carbons (Fsp3) is 0.429. The number of ether oxygens (including phenoxy) is 2. The summed E-state index contributed by atoms with van der Waals surface area (Å²) in [5.41, 5.74) is 1.02. The molecule has 0 amide bonds. The summed E-state index contributed by atoms with van der Waals surface area (Å²) in [6.45, 7) is 1.81. The molecule has 35 heavy (non-hydrogen) atoms. The van der Waals surface area contributed by atoms with Crippen molar-refractivity contribution < 1.29 is 13.9 Å². The molecule has 1 N–H and O–H groups in total. The van der Waals surface area contributed by atoms with Crippen LogP contribution in [-0.2, 0) is 5.24 Å². The Labute approximate surface area is 211 Å². The lowest BCUT2D eigenvalue weighted by atomic mass is 9.49. The number of halogens is 2. The fourth-order valence-electron chi connectivity index (χ4n) is 4.94. The Morgan fingerprint density at radius 2 is 1.91 bits per heavy atom. The number of piperidine rings is 1. The second kappa shape index (κ2) is 9.25. The molecule has 3 atom stereocenters. The molecule has 2 bridgehead atoms. The van der Waals surface area contributed by atoms with Gasteiger partial charge in [0.2, 0.25) is 11.8 Å². The molecule has 2 aliphatic rings. The first-order chi connectivity index (χ1) is 16.7. The summed E-state index contributed by atoms with van der Waals surface area (Å²) in [6.07, 6.45) is 4.05. The molecule has 1 aromatic carbocycles. The van der Waals surface area contributed by atoms with E-state index < -0.39 is 5.82 Å². The number of hydrogen-bond donors (Lipinski definition) is 1. The lowest BCUT2D eigenvalue weighted by Crippen LogP contribution is -2.48. The summed E-state index contributed by atoms with van der Waals surface area (Å²) in [6, 6.07) is 6.74. The Kier molecular flexibility index (Phi) is 6.29. The van der Waals surface area contributed by atoms with Crippen molar-refractivity contribution in [2.45, 2.75) is 24.1 Å². The van der Waals surface area contributed by atoms with E-state index in [-0.39, 0.29) is 16.3 Å². The summed E-state index contributed by atoms with van der Waals surface area (Å²) < 4.78 is 26.5. The van der Waals surface area contributed by atoms with E-state index in [1.807, 2.05) is 29.6 Å². The van der Waals surface area contributed by atoms with Crippen LogP contribution in [0.3, 0.4) is 0 Å². The van der Waals surface area contributed by atoms with Crippen molar-refractivity contribution in [3.05, 3.63) is 41.3 Å². The van der Waals surface area contributed by atoms with Crippen molar-refractivity contribution in [2.24, 2.45) is 11.8 Å². The summed E-state index contributed by atoms with van der Waals surface area (Å²) in [4.78, 5) is 7.00. The topological polar surface area (TPSA) is 90.2 Å². The zero-order valence-electron chi connectivity index (χ0n) is 20.2. The Bertz CT molecular complexity index is 1210. The van der Waals surface area contributed by atoms with Crippen LogP contribution in [-0.4, -0.2) is 74.7 Å². The highest BCUT2D eigenvalue weighted by Crippen LogP contribution is 2.40. The van der Waals surface area contributed by atoms with E-state index in [0.717, 1.165) is 31.6 Å². The Morgan fingerprint density at radius 3 is 2.57 bits per heavy atom. The number of fused-ring (bicyclic) bond motifs is 2. The van der Waals surface area contributed by atoms with Gasteiger partial charge < -0.3 is 19.7 Å². The van der Waals surface area contributed by atoms with E-state index in [9.17, 15) is 4.39 Å². The number of aromatic nitrogens is 5. The van der Waals surface area contributed by atoms with Crippen LogP contribution >= 0.6 is 11.6 Å². The Hall–Kier alpha value is -2.95. The molecule has 14 heteroatoms. The van der Waals surface area contributed by atoms with Crippen molar-refractivity contribution in [1.82, 2.24) is 25.0 Å². The largest absolute Gasteiger partial charge is 0.480 e. The Balaban J connectivity index is 1.34. The zero-order valence-corrected chi connectivity index (χ0v) is 21.0. The average molecular weight is 495 g/mol. The number of rotatable bonds is 7. The third-order valence-electron chi connectivity index (χ3n) is 6.63. The van der Waals surface area contributed by atoms with Gasteiger partial charge in [0.15, 0.2) is 0 Å². The quantitative estimate of drug-likeness (QED) is 0.473. The molecule has 180 valence electrons. The van der Waals surface area contributed by atoms with Crippen LogP contribution in [0, 0.1) is 17.7 Å². The number of methoxy groups -OCH3 is 1. The van der Waals surface area contributed by atoms with E-state index in [0.29, 0.717) is 35.4 Å². The van der Waals surface area contributed by atoms with Crippen LogP contribution in [0.15, 0.2) is 30.5 Å². The lowest BCUT2D eigenvalue weighted by Gasteiger charge is -2.39. The third-order valence-corrected chi connectivity index (χ3v) is 6.92. The van der Waals surface area contributed by atoms with Gasteiger partial charge >= 0.3 is 6.01 Å². The van der Waals surface area contributed by atoms with Gasteiger partial charge in [-0.15, -0.1) is 10.2 Å². The first-order valence-corrected chi connectivity index (χ1v) is 12.1. The number of nitrogens with one attached hydrogen (secondary N) is 1. The standard InChI is InChI=1S/C21H26B3ClFN7O2/c1-34-17-6-13(8-27-30-17)32-9-11-2-3-12(10-32)18(11)28-19-29-20(33(31-19)21(22,23)24)35-14-4-5-16(26)15(25)7-14/h4-8,11-12,18H,2-3,9-10,22-24H2,1H3,(H,28,31)/t11-,12+,18-. The van der Waals surface area contributed by atoms with Gasteiger partial charge in [-0.05, 0) is 42.0 Å². The summed E-state index contributed by atoms with van der Waals surface area (Å²) in [7, 11) is 7.67. The molecule has 2 fully saturated rings. The maximum absolute atomic E-state index is 13.6. The van der Waals surface area contributed by atoms with Gasteiger partial charge in [-0.1, -0.05) is 11.6 Å². The molecule has 0 unspecified atom stereocenters. The molecule has 3 heterocycles. The number of anilines is 2. The number of benzene rings is 1. The van der Waals surface area contributed by atoms with Gasteiger partial charge in [-0.3, -0.25) is 0 Å². The second-order valence-electron chi connectivity index (χ2n) is 10.1. The second-order valence-corrected chi connectivity index (χ2v) is 10.5. The van der Waals surface area contributed by atoms with Crippen LogP contribution in [0.4, 0.5) is 16.0 Å². The smallest absolute Gasteiger partial charge is 0.320 e. The minimum absolute atomic E-state index is 0.00646. The molecule has 1 saturated carbocycles. The molecular formula is C21H26B3ClFN7O2. The Morgan fingerprint density at radius 1 is 1.17 bits per heavy atom. The highest BCUT2D eigenvalue weighted by Gasteiger charge is 2.43. The normalized spacial score (nSPS) is 21.7. The first kappa shape index (κ1) is 23.8. The van der Waals surface area contributed by atoms with Crippen LogP contribution in [0.2, 0.25) is 5.02 Å². The molecule has 0 spiro atoms. The van der Waals surface area contributed by atoms with Crippen molar-refractivity contribution in [3.63, 3.8) is 0 Å². The monoisotopic (exact) mass is 495 g/mol. The lowest BCUT2D eigenvalue weighted by molar-refractivity contribution is 0.372. The minimum Gasteiger partial charge on any atom is -0.480 e. The molecule has 1 aliphatic carbocycles. The van der Waals surface area contributed by atoms with Crippen molar-refractivity contribution in [3.8, 4) is 17.6 Å². The molecule has 5 rings (SSSR count). The number of hydrogen-bond acceptors (Lipinski definition) is 8. The molecule has 2 aromatic heterocycles. The predicted molar refractivity (Wildman–Crippen MR) is 140 cm³/mol. The van der Waals surface area contributed by atoms with E-state index in [1.54, 1.807) is 18.0 Å². The molecule has 1 saturated heterocycles. The van der Waals surface area contributed by atoms with Crippen molar-refractivity contribution in [1.29, 1.82) is 0 Å². The van der Waals surface area contributed by atoms with E-state index in [1.165, 1.54) is 18.2 Å². The van der Waals surface area contributed by atoms with Gasteiger partial charge in [0.05, 0.1) is 24.0 Å². The maximum Gasteiger partial charge on any atom is 0.320 e. The van der Waals surface area contributed by atoms with Crippen LogP contribution in [0.25, 0.3) is 0 Å². The summed E-state index contributed by atoms with van der Waals surface area (Å²) in [5, 5.41) is 16.0. The highest BCUT2D eigenvalue weighted by molar-refractivity contribution is 6.56. The van der Waals surface area contributed by atoms with Gasteiger partial charge in [0.25, 0.3) is 0 Å².